The molecule has 3 aromatic heterocycles. The van der Waals surface area contributed by atoms with Gasteiger partial charge in [0.25, 0.3) is 0 Å². The van der Waals surface area contributed by atoms with Crippen molar-refractivity contribution in [1.29, 1.82) is 0 Å². The zero-order chi connectivity index (χ0) is 33.5. The molecule has 1 aliphatic heterocycles. The van der Waals surface area contributed by atoms with E-state index < -0.39 is 0 Å². The Morgan fingerprint density at radius 2 is 1.22 bits per heavy atom. The van der Waals surface area contributed by atoms with Crippen molar-refractivity contribution < 1.29 is 4.42 Å². The van der Waals surface area contributed by atoms with Crippen molar-refractivity contribution in [2.75, 3.05) is 0 Å². The molecule has 240 valence electrons. The highest BCUT2D eigenvalue weighted by atomic mass is 16.3. The maximum absolute atomic E-state index is 6.47. The third kappa shape index (κ3) is 4.18. The molecule has 0 spiro atoms. The zero-order valence-electron chi connectivity index (χ0n) is 27.5. The molecule has 1 aliphatic rings. The summed E-state index contributed by atoms with van der Waals surface area (Å²) in [6.45, 7) is 0. The molecule has 11 rings (SSSR count). The first-order valence-corrected chi connectivity index (χ1v) is 17.3. The van der Waals surface area contributed by atoms with Gasteiger partial charge >= 0.3 is 0 Å². The predicted molar refractivity (Wildman–Crippen MR) is 211 cm³/mol. The van der Waals surface area contributed by atoms with Gasteiger partial charge in [-0.05, 0) is 54.1 Å². The maximum Gasteiger partial charge on any atom is 0.209 e. The van der Waals surface area contributed by atoms with Crippen LogP contribution in [-0.2, 0) is 0 Å². The first kappa shape index (κ1) is 28.0. The predicted octanol–water partition coefficient (Wildman–Crippen LogP) is 11.4. The molecule has 7 aromatic carbocycles. The van der Waals surface area contributed by atoms with Crippen LogP contribution in [0.2, 0.25) is 0 Å². The van der Waals surface area contributed by atoms with Crippen molar-refractivity contribution in [3.05, 3.63) is 181 Å². The number of hydrogen-bond acceptors (Lipinski definition) is 3. The van der Waals surface area contributed by atoms with E-state index in [0.717, 1.165) is 77.7 Å². The molecular weight excluding hydrogens is 625 g/mol. The second-order valence-electron chi connectivity index (χ2n) is 13.2. The minimum atomic E-state index is -0.0928. The first-order chi connectivity index (χ1) is 25.3. The fourth-order valence-electron chi connectivity index (χ4n) is 8.09. The molecular formula is C46H30N4O. The smallest absolute Gasteiger partial charge is 0.209 e. The fraction of sp³-hybridized carbons (Fsp3) is 0.0217. The van der Waals surface area contributed by atoms with E-state index in [1.165, 1.54) is 16.3 Å². The number of hydrogen-bond donors (Lipinski definition) is 1. The van der Waals surface area contributed by atoms with Gasteiger partial charge in [-0.2, -0.15) is 0 Å². The number of nitrogens with zero attached hydrogens (tertiary/aromatic N) is 3. The standard InChI is InChI=1S/C46H30N4O/c1-4-14-29(15-5-1)37-28-38(30-16-6-2-7-17-30)48-46(47-37)50-41-26-36-32-20-11-13-23-42(32)51-43(36)27-35(41)33-24-25-40-44(45(33)50)34-21-10-12-22-39(34)49(40)31-18-8-3-9-19-31/h1-28,37H,(H,47,48). The molecule has 0 saturated heterocycles. The lowest BCUT2D eigenvalue weighted by atomic mass is 10.0. The summed E-state index contributed by atoms with van der Waals surface area (Å²) < 4.78 is 11.2. The van der Waals surface area contributed by atoms with Crippen molar-refractivity contribution in [1.82, 2.24) is 14.5 Å². The van der Waals surface area contributed by atoms with Gasteiger partial charge in [0.1, 0.15) is 11.2 Å². The monoisotopic (exact) mass is 654 g/mol. The van der Waals surface area contributed by atoms with Crippen LogP contribution >= 0.6 is 0 Å². The lowest BCUT2D eigenvalue weighted by Crippen LogP contribution is -2.35. The largest absolute Gasteiger partial charge is 0.456 e. The molecule has 5 heteroatoms. The minimum absolute atomic E-state index is 0.0928. The summed E-state index contributed by atoms with van der Waals surface area (Å²) in [6.07, 6.45) is 2.24. The zero-order valence-corrected chi connectivity index (χ0v) is 27.5. The molecule has 51 heavy (non-hydrogen) atoms. The maximum atomic E-state index is 6.47. The summed E-state index contributed by atoms with van der Waals surface area (Å²) in [5.41, 5.74) is 10.6. The van der Waals surface area contributed by atoms with E-state index in [4.69, 9.17) is 9.41 Å². The van der Waals surface area contributed by atoms with E-state index >= 15 is 0 Å². The van der Waals surface area contributed by atoms with Crippen LogP contribution in [-0.4, -0.2) is 15.1 Å². The molecule has 0 bridgehead atoms. The highest BCUT2D eigenvalue weighted by Gasteiger charge is 2.27. The summed E-state index contributed by atoms with van der Waals surface area (Å²) in [5.74, 6) is 0.779. The molecule has 0 aliphatic carbocycles. The van der Waals surface area contributed by atoms with Gasteiger partial charge in [-0.15, -0.1) is 0 Å². The van der Waals surface area contributed by atoms with Crippen LogP contribution in [0, 0.1) is 0 Å². The second kappa shape index (κ2) is 10.8. The Bertz CT molecular complexity index is 3040. The summed E-state index contributed by atoms with van der Waals surface area (Å²) in [4.78, 5) is 5.45. The van der Waals surface area contributed by atoms with E-state index in [-0.39, 0.29) is 6.04 Å². The number of para-hydroxylation sites is 3. The topological polar surface area (TPSA) is 47.4 Å². The average molecular weight is 655 g/mol. The first-order valence-electron chi connectivity index (χ1n) is 17.3. The number of aliphatic imine (C=N–C) groups is 1. The Kier molecular flexibility index (Phi) is 5.95. The number of rotatable bonds is 3. The van der Waals surface area contributed by atoms with E-state index in [0.29, 0.717) is 0 Å². The Labute approximate surface area is 293 Å². The van der Waals surface area contributed by atoms with E-state index in [9.17, 15) is 0 Å². The third-order valence-corrected chi connectivity index (χ3v) is 10.4. The van der Waals surface area contributed by atoms with Crippen LogP contribution in [0.5, 0.6) is 0 Å². The lowest BCUT2D eigenvalue weighted by Gasteiger charge is -2.25. The molecule has 0 amide bonds. The van der Waals surface area contributed by atoms with Crippen molar-refractivity contribution in [3.63, 3.8) is 0 Å². The van der Waals surface area contributed by atoms with E-state index in [1.807, 2.05) is 12.1 Å². The Morgan fingerprint density at radius 1 is 0.510 bits per heavy atom. The molecule has 1 unspecified atom stereocenters. The molecule has 4 heterocycles. The summed E-state index contributed by atoms with van der Waals surface area (Å²) in [7, 11) is 0. The average Bonchev–Trinajstić information content (AvgIpc) is 3.85. The van der Waals surface area contributed by atoms with Gasteiger partial charge in [0.2, 0.25) is 5.96 Å². The van der Waals surface area contributed by atoms with Gasteiger partial charge in [-0.3, -0.25) is 4.57 Å². The van der Waals surface area contributed by atoms with Gasteiger partial charge in [-0.25, -0.2) is 4.99 Å². The molecule has 1 atom stereocenters. The molecule has 0 radical (unpaired) electrons. The number of furan rings is 1. The third-order valence-electron chi connectivity index (χ3n) is 10.4. The second-order valence-corrected chi connectivity index (χ2v) is 13.2. The Hall–Kier alpha value is -6.85. The molecule has 0 fully saturated rings. The van der Waals surface area contributed by atoms with E-state index in [1.54, 1.807) is 0 Å². The Morgan fingerprint density at radius 3 is 2.04 bits per heavy atom. The molecule has 0 saturated carbocycles. The van der Waals surface area contributed by atoms with Crippen molar-refractivity contribution in [3.8, 4) is 5.69 Å². The van der Waals surface area contributed by atoms with Gasteiger partial charge in [0.05, 0.1) is 33.8 Å². The minimum Gasteiger partial charge on any atom is -0.456 e. The van der Waals surface area contributed by atoms with Crippen LogP contribution in [0.15, 0.2) is 179 Å². The van der Waals surface area contributed by atoms with Crippen LogP contribution in [0.4, 0.5) is 0 Å². The summed E-state index contributed by atoms with van der Waals surface area (Å²) in [5, 5.41) is 10.7. The van der Waals surface area contributed by atoms with Gasteiger partial charge in [0.15, 0.2) is 0 Å². The Balaban J connectivity index is 1.30. The van der Waals surface area contributed by atoms with Crippen molar-refractivity contribution >= 4 is 77.2 Å². The highest BCUT2D eigenvalue weighted by molar-refractivity contribution is 6.29. The van der Waals surface area contributed by atoms with Gasteiger partial charge in [-0.1, -0.05) is 121 Å². The quantitative estimate of drug-likeness (QED) is 0.206. The normalized spacial score (nSPS) is 14.9. The molecule has 10 aromatic rings. The van der Waals surface area contributed by atoms with Crippen LogP contribution < -0.4 is 5.32 Å². The molecule has 1 N–H and O–H groups in total. The fourth-order valence-corrected chi connectivity index (χ4v) is 8.09. The lowest BCUT2D eigenvalue weighted by molar-refractivity contribution is 0.669. The van der Waals surface area contributed by atoms with Crippen LogP contribution in [0.25, 0.3) is 76.9 Å². The van der Waals surface area contributed by atoms with Gasteiger partial charge < -0.3 is 14.3 Å². The van der Waals surface area contributed by atoms with Gasteiger partial charge in [0, 0.05) is 43.6 Å². The van der Waals surface area contributed by atoms with Crippen molar-refractivity contribution in [2.24, 2.45) is 4.99 Å². The number of nitrogens with one attached hydrogen (secondary N) is 1. The SMILES string of the molecule is C1=C(c2ccccc2)N=C(n2c3cc4c(cc3c3ccc5c(c6ccccc6n5-c5ccccc5)c32)oc2ccccc24)NC1c1ccccc1. The van der Waals surface area contributed by atoms with Crippen molar-refractivity contribution in [2.45, 2.75) is 6.04 Å². The summed E-state index contributed by atoms with van der Waals surface area (Å²) in [6, 6.07) is 57.7. The van der Waals surface area contributed by atoms with E-state index in [2.05, 4.69) is 172 Å². The molecule has 5 nitrogen and oxygen atoms in total. The van der Waals surface area contributed by atoms with Crippen LogP contribution in [0.1, 0.15) is 17.2 Å². The number of aromatic nitrogens is 2. The highest BCUT2D eigenvalue weighted by Crippen LogP contribution is 2.43. The number of benzene rings is 7. The number of fused-ring (bicyclic) bond motifs is 10. The summed E-state index contributed by atoms with van der Waals surface area (Å²) >= 11 is 0. The van der Waals surface area contributed by atoms with Crippen LogP contribution in [0.3, 0.4) is 0 Å².